The van der Waals surface area contributed by atoms with Crippen LogP contribution in [-0.2, 0) is 13.0 Å². The predicted octanol–water partition coefficient (Wildman–Crippen LogP) is 2.52. The zero-order valence-electron chi connectivity index (χ0n) is 10.4. The van der Waals surface area contributed by atoms with Crippen molar-refractivity contribution in [2.24, 2.45) is 5.73 Å². The number of fused-ring (bicyclic) bond motifs is 1. The third-order valence-corrected chi connectivity index (χ3v) is 3.21. The van der Waals surface area contributed by atoms with Crippen LogP contribution in [-0.4, -0.2) is 9.38 Å². The first-order valence-corrected chi connectivity index (χ1v) is 6.16. The minimum atomic E-state index is -0.200. The van der Waals surface area contributed by atoms with Gasteiger partial charge in [0, 0.05) is 19.2 Å². The molecule has 2 aromatic heterocycles. The number of benzene rings is 1. The van der Waals surface area contributed by atoms with E-state index in [4.69, 9.17) is 5.73 Å². The molecule has 19 heavy (non-hydrogen) atoms. The summed E-state index contributed by atoms with van der Waals surface area (Å²) < 4.78 is 15.6. The highest BCUT2D eigenvalue weighted by molar-refractivity contribution is 5.47. The lowest BCUT2D eigenvalue weighted by atomic mass is 10.1. The van der Waals surface area contributed by atoms with Gasteiger partial charge in [0.25, 0.3) is 0 Å². The fourth-order valence-electron chi connectivity index (χ4n) is 2.15. The summed E-state index contributed by atoms with van der Waals surface area (Å²) in [5, 5.41) is 0. The highest BCUT2D eigenvalue weighted by atomic mass is 19.1. The van der Waals surface area contributed by atoms with Gasteiger partial charge >= 0.3 is 0 Å². The molecule has 0 aliphatic carbocycles. The van der Waals surface area contributed by atoms with E-state index in [0.717, 1.165) is 16.9 Å². The third-order valence-electron chi connectivity index (χ3n) is 3.21. The number of rotatable bonds is 3. The third kappa shape index (κ3) is 2.22. The van der Waals surface area contributed by atoms with E-state index in [1.807, 2.05) is 28.8 Å². The van der Waals surface area contributed by atoms with E-state index in [9.17, 15) is 4.39 Å². The molecule has 0 saturated carbocycles. The maximum absolute atomic E-state index is 13.7. The van der Waals surface area contributed by atoms with E-state index in [1.54, 1.807) is 18.3 Å². The minimum absolute atomic E-state index is 0.200. The fourth-order valence-corrected chi connectivity index (χ4v) is 2.15. The van der Waals surface area contributed by atoms with Crippen LogP contribution < -0.4 is 5.73 Å². The van der Waals surface area contributed by atoms with E-state index >= 15 is 0 Å². The van der Waals surface area contributed by atoms with Crippen molar-refractivity contribution >= 4 is 5.52 Å². The molecule has 0 radical (unpaired) electrons. The van der Waals surface area contributed by atoms with Crippen molar-refractivity contribution < 1.29 is 4.39 Å². The summed E-state index contributed by atoms with van der Waals surface area (Å²) in [6, 6.07) is 10.7. The van der Waals surface area contributed by atoms with Crippen LogP contribution in [0.5, 0.6) is 0 Å². The summed E-state index contributed by atoms with van der Waals surface area (Å²) in [6.45, 7) is 0.479. The summed E-state index contributed by atoms with van der Waals surface area (Å²) in [6.07, 6.45) is 4.21. The summed E-state index contributed by atoms with van der Waals surface area (Å²) in [4.78, 5) is 4.36. The number of aromatic nitrogens is 2. The minimum Gasteiger partial charge on any atom is -0.326 e. The van der Waals surface area contributed by atoms with Crippen molar-refractivity contribution in [3.05, 3.63) is 71.6 Å². The van der Waals surface area contributed by atoms with Crippen LogP contribution in [0.25, 0.3) is 5.52 Å². The number of nitrogens with zero attached hydrogens (tertiary/aromatic N) is 2. The normalized spacial score (nSPS) is 11.1. The molecule has 3 nitrogen and oxygen atoms in total. The smallest absolute Gasteiger partial charge is 0.126 e. The molecule has 0 aliphatic heterocycles. The maximum atomic E-state index is 13.7. The Morgan fingerprint density at radius 3 is 2.79 bits per heavy atom. The number of imidazole rings is 1. The van der Waals surface area contributed by atoms with Crippen molar-refractivity contribution in [2.75, 3.05) is 0 Å². The van der Waals surface area contributed by atoms with Gasteiger partial charge in [0.15, 0.2) is 0 Å². The second kappa shape index (κ2) is 4.82. The number of hydrogen-bond acceptors (Lipinski definition) is 2. The van der Waals surface area contributed by atoms with Gasteiger partial charge in [-0.05, 0) is 23.3 Å². The average Bonchev–Trinajstić information content (AvgIpc) is 2.84. The Labute approximate surface area is 110 Å². The molecule has 0 aliphatic rings. The number of nitrogens with two attached hydrogens (primary N) is 1. The monoisotopic (exact) mass is 255 g/mol. The molecule has 4 heteroatoms. The summed E-state index contributed by atoms with van der Waals surface area (Å²) >= 11 is 0. The topological polar surface area (TPSA) is 43.3 Å². The Morgan fingerprint density at radius 2 is 2.00 bits per heavy atom. The molecule has 96 valence electrons. The average molecular weight is 255 g/mol. The van der Waals surface area contributed by atoms with Crippen LogP contribution in [0.4, 0.5) is 4.39 Å². The molecule has 3 aromatic rings. The van der Waals surface area contributed by atoms with Gasteiger partial charge in [0.1, 0.15) is 11.6 Å². The summed E-state index contributed by atoms with van der Waals surface area (Å²) in [5.74, 6) is 0.615. The SMILES string of the molecule is NCc1ccc2cnc(Cc3ccccc3F)n2c1. The molecule has 2 heterocycles. The molecule has 0 saturated heterocycles. The number of hydrogen-bond donors (Lipinski definition) is 1. The highest BCUT2D eigenvalue weighted by Gasteiger charge is 2.08. The zero-order chi connectivity index (χ0) is 13.2. The van der Waals surface area contributed by atoms with Gasteiger partial charge in [-0.25, -0.2) is 9.37 Å². The molecule has 0 spiro atoms. The molecule has 2 N–H and O–H groups in total. The van der Waals surface area contributed by atoms with Crippen LogP contribution >= 0.6 is 0 Å². The quantitative estimate of drug-likeness (QED) is 0.781. The molecular weight excluding hydrogens is 241 g/mol. The van der Waals surface area contributed by atoms with Crippen LogP contribution in [0.15, 0.2) is 48.8 Å². The summed E-state index contributed by atoms with van der Waals surface area (Å²) in [7, 11) is 0. The van der Waals surface area contributed by atoms with Crippen molar-refractivity contribution in [1.29, 1.82) is 0 Å². The first kappa shape index (κ1) is 11.9. The second-order valence-electron chi connectivity index (χ2n) is 4.48. The number of halogens is 1. The first-order chi connectivity index (χ1) is 9.28. The van der Waals surface area contributed by atoms with Crippen molar-refractivity contribution in [3.8, 4) is 0 Å². The second-order valence-corrected chi connectivity index (χ2v) is 4.48. The fraction of sp³-hybridized carbons (Fsp3) is 0.133. The van der Waals surface area contributed by atoms with Crippen molar-refractivity contribution in [3.63, 3.8) is 0 Å². The van der Waals surface area contributed by atoms with Crippen LogP contribution in [0, 0.1) is 5.82 Å². The molecule has 0 unspecified atom stereocenters. The molecule has 1 aromatic carbocycles. The lowest BCUT2D eigenvalue weighted by Gasteiger charge is -2.05. The lowest BCUT2D eigenvalue weighted by Crippen LogP contribution is -2.02. The van der Waals surface area contributed by atoms with Gasteiger partial charge in [-0.3, -0.25) is 0 Å². The largest absolute Gasteiger partial charge is 0.326 e. The molecule has 3 rings (SSSR count). The van der Waals surface area contributed by atoms with Gasteiger partial charge < -0.3 is 10.1 Å². The Bertz CT molecular complexity index is 718. The predicted molar refractivity (Wildman–Crippen MR) is 72.3 cm³/mol. The van der Waals surface area contributed by atoms with Crippen molar-refractivity contribution in [2.45, 2.75) is 13.0 Å². The number of pyridine rings is 1. The lowest BCUT2D eigenvalue weighted by molar-refractivity contribution is 0.612. The van der Waals surface area contributed by atoms with Crippen molar-refractivity contribution in [1.82, 2.24) is 9.38 Å². The van der Waals surface area contributed by atoms with Gasteiger partial charge in [-0.2, -0.15) is 0 Å². The Balaban J connectivity index is 2.03. The van der Waals surface area contributed by atoms with Crippen LogP contribution in [0.2, 0.25) is 0 Å². The standard InChI is InChI=1S/C15H14FN3/c16-14-4-2-1-3-12(14)7-15-18-9-13-6-5-11(8-17)10-19(13)15/h1-6,9-10H,7-8,17H2. The summed E-state index contributed by atoms with van der Waals surface area (Å²) in [5.41, 5.74) is 8.31. The zero-order valence-corrected chi connectivity index (χ0v) is 10.4. The van der Waals surface area contributed by atoms with E-state index in [1.165, 1.54) is 6.07 Å². The maximum Gasteiger partial charge on any atom is 0.126 e. The van der Waals surface area contributed by atoms with Crippen LogP contribution in [0.1, 0.15) is 17.0 Å². The highest BCUT2D eigenvalue weighted by Crippen LogP contribution is 2.15. The molecule has 0 bridgehead atoms. The van der Waals surface area contributed by atoms with E-state index in [2.05, 4.69) is 4.98 Å². The molecule has 0 amide bonds. The van der Waals surface area contributed by atoms with E-state index in [0.29, 0.717) is 18.5 Å². The Kier molecular flexibility index (Phi) is 3.01. The van der Waals surface area contributed by atoms with E-state index < -0.39 is 0 Å². The van der Waals surface area contributed by atoms with E-state index in [-0.39, 0.29) is 5.82 Å². The Morgan fingerprint density at radius 1 is 1.16 bits per heavy atom. The van der Waals surface area contributed by atoms with Gasteiger partial charge in [0.05, 0.1) is 11.7 Å². The molecule has 0 fully saturated rings. The van der Waals surface area contributed by atoms with Gasteiger partial charge in [0.2, 0.25) is 0 Å². The Hall–Kier alpha value is -2.20. The van der Waals surface area contributed by atoms with Crippen LogP contribution in [0.3, 0.4) is 0 Å². The van der Waals surface area contributed by atoms with Gasteiger partial charge in [-0.15, -0.1) is 0 Å². The first-order valence-electron chi connectivity index (χ1n) is 6.16. The molecule has 0 atom stereocenters. The molecular formula is C15H14FN3. The van der Waals surface area contributed by atoms with Gasteiger partial charge in [-0.1, -0.05) is 24.3 Å².